The number of carboxylic acids is 1. The molecule has 12 heavy (non-hydrogen) atoms. The van der Waals surface area contributed by atoms with E-state index in [1.54, 1.807) is 6.92 Å². The van der Waals surface area contributed by atoms with Gasteiger partial charge in [0.1, 0.15) is 0 Å². The van der Waals surface area contributed by atoms with E-state index in [1.165, 1.54) is 0 Å². The van der Waals surface area contributed by atoms with Crippen LogP contribution in [0.1, 0.15) is 13.3 Å². The van der Waals surface area contributed by atoms with Crippen molar-refractivity contribution in [2.24, 2.45) is 11.8 Å². The number of aliphatic carboxylic acids is 1. The SMILES string of the molecule is CC(C1CCOC1)C(F)C(=O)O. The van der Waals surface area contributed by atoms with E-state index in [1.807, 2.05) is 0 Å². The van der Waals surface area contributed by atoms with Crippen LogP contribution in [0, 0.1) is 11.8 Å². The molecule has 0 aromatic heterocycles. The van der Waals surface area contributed by atoms with Gasteiger partial charge < -0.3 is 9.84 Å². The highest BCUT2D eigenvalue weighted by molar-refractivity contribution is 5.72. The highest BCUT2D eigenvalue weighted by Gasteiger charge is 2.32. The number of rotatable bonds is 3. The van der Waals surface area contributed by atoms with Gasteiger partial charge in [0, 0.05) is 19.1 Å². The summed E-state index contributed by atoms with van der Waals surface area (Å²) in [6.07, 6.45) is -0.980. The second-order valence-corrected chi connectivity index (χ2v) is 3.22. The monoisotopic (exact) mass is 176 g/mol. The number of alkyl halides is 1. The Bertz CT molecular complexity index is 166. The molecule has 70 valence electrons. The third-order valence-electron chi connectivity index (χ3n) is 2.41. The summed E-state index contributed by atoms with van der Waals surface area (Å²) in [5.41, 5.74) is 0. The van der Waals surface area contributed by atoms with Crippen molar-refractivity contribution >= 4 is 5.97 Å². The van der Waals surface area contributed by atoms with Crippen molar-refractivity contribution in [2.75, 3.05) is 13.2 Å². The predicted molar refractivity (Wildman–Crippen MR) is 40.6 cm³/mol. The fraction of sp³-hybridized carbons (Fsp3) is 0.875. The van der Waals surface area contributed by atoms with Gasteiger partial charge in [-0.1, -0.05) is 6.92 Å². The zero-order valence-corrected chi connectivity index (χ0v) is 7.00. The average Bonchev–Trinajstić information content (AvgIpc) is 2.53. The van der Waals surface area contributed by atoms with Crippen molar-refractivity contribution in [3.05, 3.63) is 0 Å². The van der Waals surface area contributed by atoms with Crippen LogP contribution in [0.3, 0.4) is 0 Å². The van der Waals surface area contributed by atoms with Crippen LogP contribution in [0.5, 0.6) is 0 Å². The Morgan fingerprint density at radius 2 is 2.42 bits per heavy atom. The lowest BCUT2D eigenvalue weighted by Crippen LogP contribution is -2.29. The Kier molecular flexibility index (Phi) is 3.03. The number of carboxylic acid groups (broad SMARTS) is 1. The molecule has 1 N–H and O–H groups in total. The van der Waals surface area contributed by atoms with E-state index in [9.17, 15) is 9.18 Å². The van der Waals surface area contributed by atoms with Gasteiger partial charge in [-0.15, -0.1) is 0 Å². The highest BCUT2D eigenvalue weighted by Crippen LogP contribution is 2.25. The van der Waals surface area contributed by atoms with E-state index in [4.69, 9.17) is 9.84 Å². The van der Waals surface area contributed by atoms with E-state index in [-0.39, 0.29) is 5.92 Å². The van der Waals surface area contributed by atoms with Crippen molar-refractivity contribution in [1.82, 2.24) is 0 Å². The summed E-state index contributed by atoms with van der Waals surface area (Å²) in [5, 5.41) is 8.40. The third-order valence-corrected chi connectivity index (χ3v) is 2.41. The molecule has 3 nitrogen and oxygen atoms in total. The second-order valence-electron chi connectivity index (χ2n) is 3.22. The van der Waals surface area contributed by atoms with Gasteiger partial charge in [0.15, 0.2) is 6.17 Å². The molecule has 1 heterocycles. The quantitative estimate of drug-likeness (QED) is 0.700. The first-order valence-corrected chi connectivity index (χ1v) is 4.07. The first-order valence-electron chi connectivity index (χ1n) is 4.07. The van der Waals surface area contributed by atoms with E-state index in [0.29, 0.717) is 13.2 Å². The number of ether oxygens (including phenoxy) is 1. The topological polar surface area (TPSA) is 46.5 Å². The summed E-state index contributed by atoms with van der Waals surface area (Å²) in [5.74, 6) is -1.74. The average molecular weight is 176 g/mol. The van der Waals surface area contributed by atoms with Crippen LogP contribution in [0.25, 0.3) is 0 Å². The summed E-state index contributed by atoms with van der Waals surface area (Å²) in [6.45, 7) is 2.74. The van der Waals surface area contributed by atoms with E-state index in [2.05, 4.69) is 0 Å². The molecule has 0 aliphatic carbocycles. The van der Waals surface area contributed by atoms with Crippen molar-refractivity contribution in [1.29, 1.82) is 0 Å². The Labute approximate surface area is 70.5 Å². The van der Waals surface area contributed by atoms with Gasteiger partial charge in [0.2, 0.25) is 0 Å². The largest absolute Gasteiger partial charge is 0.479 e. The fourth-order valence-corrected chi connectivity index (χ4v) is 1.43. The molecule has 0 bridgehead atoms. The molecule has 0 spiro atoms. The van der Waals surface area contributed by atoms with Crippen LogP contribution in [-0.2, 0) is 9.53 Å². The Morgan fingerprint density at radius 3 is 2.83 bits per heavy atom. The Balaban J connectivity index is 2.44. The summed E-state index contributed by atoms with van der Waals surface area (Å²) in [4.78, 5) is 10.3. The van der Waals surface area contributed by atoms with Gasteiger partial charge >= 0.3 is 5.97 Å². The maximum absolute atomic E-state index is 12.9. The van der Waals surface area contributed by atoms with Crippen LogP contribution in [0.2, 0.25) is 0 Å². The molecule has 3 unspecified atom stereocenters. The van der Waals surface area contributed by atoms with Gasteiger partial charge in [-0.2, -0.15) is 0 Å². The summed E-state index contributed by atoms with van der Waals surface area (Å²) in [6, 6.07) is 0. The lowest BCUT2D eigenvalue weighted by Gasteiger charge is -2.18. The Hall–Kier alpha value is -0.640. The molecular formula is C8H13FO3. The fourth-order valence-electron chi connectivity index (χ4n) is 1.43. The Morgan fingerprint density at radius 1 is 1.75 bits per heavy atom. The van der Waals surface area contributed by atoms with Crippen LogP contribution in [0.15, 0.2) is 0 Å². The third kappa shape index (κ3) is 1.94. The summed E-state index contributed by atoms with van der Waals surface area (Å²) >= 11 is 0. The first-order chi connectivity index (χ1) is 5.63. The minimum Gasteiger partial charge on any atom is -0.479 e. The molecule has 3 atom stereocenters. The molecule has 1 saturated heterocycles. The van der Waals surface area contributed by atoms with Crippen LogP contribution in [-0.4, -0.2) is 30.5 Å². The van der Waals surface area contributed by atoms with Crippen LogP contribution < -0.4 is 0 Å². The summed E-state index contributed by atoms with van der Waals surface area (Å²) < 4.78 is 18.0. The van der Waals surface area contributed by atoms with Crippen LogP contribution in [0.4, 0.5) is 4.39 Å². The molecule has 0 aromatic rings. The molecule has 1 rings (SSSR count). The van der Waals surface area contributed by atoms with Crippen molar-refractivity contribution < 1.29 is 19.0 Å². The lowest BCUT2D eigenvalue weighted by atomic mass is 9.89. The van der Waals surface area contributed by atoms with E-state index in [0.717, 1.165) is 6.42 Å². The summed E-state index contributed by atoms with van der Waals surface area (Å²) in [7, 11) is 0. The van der Waals surface area contributed by atoms with Crippen LogP contribution >= 0.6 is 0 Å². The molecule has 4 heteroatoms. The molecule has 1 aliphatic heterocycles. The van der Waals surface area contributed by atoms with Gasteiger partial charge in [0.05, 0.1) is 0 Å². The van der Waals surface area contributed by atoms with Crippen molar-refractivity contribution in [3.63, 3.8) is 0 Å². The normalized spacial score (nSPS) is 28.3. The smallest absolute Gasteiger partial charge is 0.338 e. The van der Waals surface area contributed by atoms with E-state index < -0.39 is 18.1 Å². The van der Waals surface area contributed by atoms with Gasteiger partial charge in [0.25, 0.3) is 0 Å². The number of hydrogen-bond acceptors (Lipinski definition) is 2. The number of halogens is 1. The number of carbonyl (C=O) groups is 1. The zero-order chi connectivity index (χ0) is 9.14. The maximum Gasteiger partial charge on any atom is 0.338 e. The minimum atomic E-state index is -1.75. The van der Waals surface area contributed by atoms with Gasteiger partial charge in [-0.05, 0) is 12.3 Å². The first kappa shape index (κ1) is 9.45. The van der Waals surface area contributed by atoms with E-state index >= 15 is 0 Å². The predicted octanol–water partition coefficient (Wildman–Crippen LogP) is 1.08. The zero-order valence-electron chi connectivity index (χ0n) is 7.00. The van der Waals surface area contributed by atoms with Crippen molar-refractivity contribution in [2.45, 2.75) is 19.5 Å². The number of hydrogen-bond donors (Lipinski definition) is 1. The molecule has 0 aromatic carbocycles. The maximum atomic E-state index is 12.9. The highest BCUT2D eigenvalue weighted by atomic mass is 19.1. The molecular weight excluding hydrogens is 163 g/mol. The lowest BCUT2D eigenvalue weighted by molar-refractivity contribution is -0.145. The molecule has 1 aliphatic rings. The molecule has 1 fully saturated rings. The van der Waals surface area contributed by atoms with Gasteiger partial charge in [-0.3, -0.25) is 0 Å². The molecule has 0 amide bonds. The molecule has 0 saturated carbocycles. The standard InChI is InChI=1S/C8H13FO3/c1-5(7(9)8(10)11)6-2-3-12-4-6/h5-7H,2-4H2,1H3,(H,10,11). The van der Waals surface area contributed by atoms with Crippen molar-refractivity contribution in [3.8, 4) is 0 Å². The minimum absolute atomic E-state index is 0.0658. The van der Waals surface area contributed by atoms with Gasteiger partial charge in [-0.25, -0.2) is 9.18 Å². The molecule has 0 radical (unpaired) electrons. The second kappa shape index (κ2) is 3.85.